The number of benzene rings is 3. The maximum atomic E-state index is 11.1. The number of carboxylic acid groups (broad SMARTS) is 1. The van der Waals surface area contributed by atoms with Crippen molar-refractivity contribution in [3.8, 4) is 16.9 Å². The lowest BCUT2D eigenvalue weighted by atomic mass is 10.1. The molecule has 0 saturated heterocycles. The van der Waals surface area contributed by atoms with Crippen molar-refractivity contribution in [3.05, 3.63) is 90.1 Å². The minimum atomic E-state index is -0.779. The number of nitrogens with zero attached hydrogens (tertiary/aromatic N) is 1. The first kappa shape index (κ1) is 17.1. The van der Waals surface area contributed by atoms with Crippen molar-refractivity contribution in [1.82, 2.24) is 4.57 Å². The van der Waals surface area contributed by atoms with E-state index in [2.05, 4.69) is 72.2 Å². The summed E-state index contributed by atoms with van der Waals surface area (Å²) in [5, 5.41) is 11.5. The molecule has 4 aromatic rings. The number of hydrogen-bond donors (Lipinski definition) is 1. The Balaban J connectivity index is 1.87. The lowest BCUT2D eigenvalue weighted by molar-refractivity contribution is -0.136. The molecule has 3 heteroatoms. The molecule has 0 bridgehead atoms. The molecule has 0 radical (unpaired) electrons. The number of rotatable bonds is 5. The molecule has 27 heavy (non-hydrogen) atoms. The van der Waals surface area contributed by atoms with Gasteiger partial charge in [0.25, 0.3) is 0 Å². The van der Waals surface area contributed by atoms with E-state index in [9.17, 15) is 4.79 Å². The van der Waals surface area contributed by atoms with Crippen LogP contribution in [0, 0.1) is 6.92 Å². The van der Waals surface area contributed by atoms with Gasteiger partial charge < -0.3 is 9.67 Å². The van der Waals surface area contributed by atoms with Gasteiger partial charge in [-0.15, -0.1) is 0 Å². The van der Waals surface area contributed by atoms with Crippen LogP contribution in [0.1, 0.15) is 17.7 Å². The zero-order valence-electron chi connectivity index (χ0n) is 15.2. The van der Waals surface area contributed by atoms with Gasteiger partial charge in [0.15, 0.2) is 0 Å². The maximum Gasteiger partial charge on any atom is 0.303 e. The van der Waals surface area contributed by atoms with E-state index in [4.69, 9.17) is 5.11 Å². The summed E-state index contributed by atoms with van der Waals surface area (Å²) in [6.45, 7) is 2.07. The van der Waals surface area contributed by atoms with Crippen LogP contribution in [0.3, 0.4) is 0 Å². The Kier molecular flexibility index (Phi) is 4.51. The molecule has 0 aliphatic heterocycles. The minimum Gasteiger partial charge on any atom is -0.481 e. The van der Waals surface area contributed by atoms with E-state index in [1.165, 1.54) is 16.3 Å². The fourth-order valence-electron chi connectivity index (χ4n) is 3.48. The van der Waals surface area contributed by atoms with E-state index in [1.54, 1.807) is 0 Å². The number of carbonyl (C=O) groups is 1. The van der Waals surface area contributed by atoms with Crippen LogP contribution in [-0.2, 0) is 11.2 Å². The van der Waals surface area contributed by atoms with Gasteiger partial charge in [-0.1, -0.05) is 60.2 Å². The Morgan fingerprint density at radius 1 is 0.889 bits per heavy atom. The average Bonchev–Trinajstić information content (AvgIpc) is 3.10. The van der Waals surface area contributed by atoms with Crippen LogP contribution in [0.15, 0.2) is 78.9 Å². The summed E-state index contributed by atoms with van der Waals surface area (Å²) in [5.41, 5.74) is 5.47. The third-order valence-corrected chi connectivity index (χ3v) is 4.90. The molecule has 4 rings (SSSR count). The van der Waals surface area contributed by atoms with Crippen molar-refractivity contribution < 1.29 is 9.90 Å². The van der Waals surface area contributed by atoms with Gasteiger partial charge in [0.2, 0.25) is 0 Å². The highest BCUT2D eigenvalue weighted by atomic mass is 16.4. The van der Waals surface area contributed by atoms with Crippen LogP contribution in [0.5, 0.6) is 0 Å². The molecule has 0 atom stereocenters. The van der Waals surface area contributed by atoms with Crippen LogP contribution in [0.25, 0.3) is 27.7 Å². The minimum absolute atomic E-state index is 0.116. The molecular formula is C24H21NO2. The third kappa shape index (κ3) is 3.49. The molecule has 134 valence electrons. The molecule has 0 amide bonds. The summed E-state index contributed by atoms with van der Waals surface area (Å²) in [7, 11) is 0. The zero-order valence-corrected chi connectivity index (χ0v) is 15.2. The normalized spacial score (nSPS) is 11.0. The summed E-state index contributed by atoms with van der Waals surface area (Å²) in [6.07, 6.45) is 0.610. The Morgan fingerprint density at radius 2 is 1.63 bits per heavy atom. The van der Waals surface area contributed by atoms with Gasteiger partial charge >= 0.3 is 5.97 Å². The van der Waals surface area contributed by atoms with Crippen LogP contribution in [0.2, 0.25) is 0 Å². The Labute approximate surface area is 158 Å². The Bertz CT molecular complexity index is 1110. The molecule has 0 fully saturated rings. The molecule has 0 saturated carbocycles. The van der Waals surface area contributed by atoms with Crippen LogP contribution in [-0.4, -0.2) is 15.6 Å². The second kappa shape index (κ2) is 7.12. The zero-order chi connectivity index (χ0) is 18.8. The SMILES string of the molecule is Cc1ccc(-c2ccc(CCC(=O)O)n2-c2ccc3ccccc3c2)cc1. The summed E-state index contributed by atoms with van der Waals surface area (Å²) >= 11 is 0. The number of aryl methyl sites for hydroxylation is 2. The molecule has 0 unspecified atom stereocenters. The van der Waals surface area contributed by atoms with Crippen LogP contribution in [0.4, 0.5) is 0 Å². The van der Waals surface area contributed by atoms with Crippen molar-refractivity contribution in [2.75, 3.05) is 0 Å². The Hall–Kier alpha value is -3.33. The van der Waals surface area contributed by atoms with Gasteiger partial charge in [-0.25, -0.2) is 0 Å². The lowest BCUT2D eigenvalue weighted by Crippen LogP contribution is -2.05. The smallest absolute Gasteiger partial charge is 0.303 e. The molecule has 0 spiro atoms. The van der Waals surface area contributed by atoms with E-state index in [1.807, 2.05) is 18.2 Å². The van der Waals surface area contributed by atoms with Crippen LogP contribution < -0.4 is 0 Å². The highest BCUT2D eigenvalue weighted by Crippen LogP contribution is 2.29. The molecule has 1 heterocycles. The van der Waals surface area contributed by atoms with E-state index in [0.717, 1.165) is 22.6 Å². The monoisotopic (exact) mass is 355 g/mol. The van der Waals surface area contributed by atoms with Gasteiger partial charge in [-0.3, -0.25) is 4.79 Å². The number of aromatic nitrogens is 1. The molecular weight excluding hydrogens is 334 g/mol. The van der Waals surface area contributed by atoms with Gasteiger partial charge in [-0.2, -0.15) is 0 Å². The van der Waals surface area contributed by atoms with E-state index in [0.29, 0.717) is 6.42 Å². The highest BCUT2D eigenvalue weighted by molar-refractivity contribution is 5.85. The summed E-state index contributed by atoms with van der Waals surface area (Å²) in [4.78, 5) is 11.1. The molecule has 3 aromatic carbocycles. The van der Waals surface area contributed by atoms with Gasteiger partial charge in [0.1, 0.15) is 0 Å². The summed E-state index contributed by atoms with van der Waals surface area (Å²) in [6, 6.07) is 27.2. The van der Waals surface area contributed by atoms with Crippen molar-refractivity contribution >= 4 is 16.7 Å². The summed E-state index contributed by atoms with van der Waals surface area (Å²) in [5.74, 6) is -0.779. The molecule has 1 N–H and O–H groups in total. The molecule has 3 nitrogen and oxygen atoms in total. The van der Waals surface area contributed by atoms with Gasteiger partial charge in [-0.05, 0) is 53.9 Å². The van der Waals surface area contributed by atoms with E-state index < -0.39 is 5.97 Å². The van der Waals surface area contributed by atoms with Crippen LogP contribution >= 0.6 is 0 Å². The van der Waals surface area contributed by atoms with Gasteiger partial charge in [0.05, 0.1) is 12.1 Å². The average molecular weight is 355 g/mol. The predicted octanol–water partition coefficient (Wildman–Crippen LogP) is 5.62. The maximum absolute atomic E-state index is 11.1. The predicted molar refractivity (Wildman–Crippen MR) is 109 cm³/mol. The summed E-state index contributed by atoms with van der Waals surface area (Å²) < 4.78 is 2.18. The number of fused-ring (bicyclic) bond motifs is 1. The van der Waals surface area contributed by atoms with E-state index in [-0.39, 0.29) is 6.42 Å². The van der Waals surface area contributed by atoms with Crippen molar-refractivity contribution in [1.29, 1.82) is 0 Å². The first-order chi connectivity index (χ1) is 13.1. The molecule has 1 aromatic heterocycles. The fourth-order valence-corrected chi connectivity index (χ4v) is 3.48. The van der Waals surface area contributed by atoms with Crippen molar-refractivity contribution in [2.45, 2.75) is 19.8 Å². The molecule has 0 aliphatic carbocycles. The third-order valence-electron chi connectivity index (χ3n) is 4.90. The number of hydrogen-bond acceptors (Lipinski definition) is 1. The number of carboxylic acids is 1. The van der Waals surface area contributed by atoms with Gasteiger partial charge in [0, 0.05) is 11.4 Å². The van der Waals surface area contributed by atoms with E-state index >= 15 is 0 Å². The fraction of sp³-hybridized carbons (Fsp3) is 0.125. The largest absolute Gasteiger partial charge is 0.481 e. The van der Waals surface area contributed by atoms with Crippen molar-refractivity contribution in [2.24, 2.45) is 0 Å². The second-order valence-corrected chi connectivity index (χ2v) is 6.84. The Morgan fingerprint density at radius 3 is 2.37 bits per heavy atom. The number of aliphatic carboxylic acids is 1. The topological polar surface area (TPSA) is 42.2 Å². The lowest BCUT2D eigenvalue weighted by Gasteiger charge is -2.15. The quantitative estimate of drug-likeness (QED) is 0.504. The van der Waals surface area contributed by atoms with Crippen molar-refractivity contribution in [3.63, 3.8) is 0 Å². The first-order valence-electron chi connectivity index (χ1n) is 9.10. The standard InChI is InChI=1S/C24H21NO2/c1-17-6-8-19(9-7-17)23-14-12-21(13-15-24(26)27)25(23)22-11-10-18-4-2-3-5-20(18)16-22/h2-12,14,16H,13,15H2,1H3,(H,26,27). The highest BCUT2D eigenvalue weighted by Gasteiger charge is 2.13. The molecule has 0 aliphatic rings. The first-order valence-corrected chi connectivity index (χ1v) is 9.10. The second-order valence-electron chi connectivity index (χ2n) is 6.84.